The first kappa shape index (κ1) is 26.1. The molecule has 194 valence electrons. The number of carbonyl (C=O) groups is 2. The Hall–Kier alpha value is -3.93. The van der Waals surface area contributed by atoms with E-state index >= 15 is 0 Å². The van der Waals surface area contributed by atoms with Gasteiger partial charge in [0.05, 0.1) is 47.4 Å². The molecule has 4 rings (SSSR count). The normalized spacial score (nSPS) is 17.4. The predicted octanol–water partition coefficient (Wildman–Crippen LogP) is 4.30. The van der Waals surface area contributed by atoms with E-state index in [0.29, 0.717) is 13.3 Å². The Balaban J connectivity index is 1.45. The van der Waals surface area contributed by atoms with E-state index in [0.717, 1.165) is 30.5 Å². The van der Waals surface area contributed by atoms with Gasteiger partial charge in [-0.15, -0.1) is 0 Å². The van der Waals surface area contributed by atoms with Crippen LogP contribution in [0.1, 0.15) is 41.4 Å². The van der Waals surface area contributed by atoms with E-state index in [1.165, 1.54) is 18.7 Å². The molecule has 2 N–H and O–H groups in total. The van der Waals surface area contributed by atoms with Gasteiger partial charge in [-0.05, 0) is 12.5 Å². The monoisotopic (exact) mass is 517 g/mol. The number of amides is 1. The van der Waals surface area contributed by atoms with Crippen LogP contribution in [0, 0.1) is 17.0 Å². The number of hydrogen-bond acceptors (Lipinski definition) is 7. The highest BCUT2D eigenvalue weighted by Gasteiger charge is 2.44. The van der Waals surface area contributed by atoms with Gasteiger partial charge < -0.3 is 15.4 Å². The first-order valence-electron chi connectivity index (χ1n) is 11.3. The number of pyridine rings is 1. The number of rotatable bonds is 9. The lowest BCUT2D eigenvalue weighted by molar-refractivity contribution is -0.131. The van der Waals surface area contributed by atoms with Crippen LogP contribution in [0.4, 0.5) is 28.9 Å². The minimum Gasteiger partial charge on any atom is -0.380 e. The van der Waals surface area contributed by atoms with Gasteiger partial charge in [-0.3, -0.25) is 14.6 Å². The Morgan fingerprint density at radius 2 is 1.89 bits per heavy atom. The fourth-order valence-electron chi connectivity index (χ4n) is 4.04. The first-order valence-corrected chi connectivity index (χ1v) is 11.3. The van der Waals surface area contributed by atoms with Crippen LogP contribution >= 0.6 is 0 Å². The van der Waals surface area contributed by atoms with Gasteiger partial charge in [-0.2, -0.15) is 0 Å². The zero-order chi connectivity index (χ0) is 26.6. The molecule has 0 spiro atoms. The van der Waals surface area contributed by atoms with Gasteiger partial charge >= 0.3 is 0 Å². The molecular weight excluding hydrogens is 494 g/mol. The van der Waals surface area contributed by atoms with E-state index in [4.69, 9.17) is 4.74 Å². The summed E-state index contributed by atoms with van der Waals surface area (Å²) in [5, 5.41) is 5.06. The van der Waals surface area contributed by atoms with Crippen LogP contribution in [0.2, 0.25) is 0 Å². The molecule has 0 saturated carbocycles. The summed E-state index contributed by atoms with van der Waals surface area (Å²) in [7, 11) is 0. The van der Waals surface area contributed by atoms with Gasteiger partial charge in [0, 0.05) is 44.0 Å². The number of ketones is 1. The minimum absolute atomic E-state index is 0.0179. The summed E-state index contributed by atoms with van der Waals surface area (Å²) < 4.78 is 62.1. The van der Waals surface area contributed by atoms with E-state index in [-0.39, 0.29) is 48.9 Å². The molecule has 3 heterocycles. The highest BCUT2D eigenvalue weighted by atomic mass is 19.3. The van der Waals surface area contributed by atoms with Gasteiger partial charge in [-0.25, -0.2) is 27.5 Å². The van der Waals surface area contributed by atoms with E-state index in [2.05, 4.69) is 25.6 Å². The molecule has 1 amide bonds. The van der Waals surface area contributed by atoms with Gasteiger partial charge in [0.25, 0.3) is 5.92 Å². The standard InChI is InChI=1S/C25H23F4N5O3/c1-24(28,29)17-3-2-4-18(26)22(17)34-16-7-19(27)20(32-11-16)12-33-23(36)25(5-6-37-13-25)8-21(35)15-9-30-14-31-10-15/h2-4,7,9-11,14,34H,5-6,8,12-13H2,1H3,(H,33,36)/t25-/m0/s1. The Morgan fingerprint density at radius 3 is 2.54 bits per heavy atom. The number of nitrogens with zero attached hydrogens (tertiary/aromatic N) is 3. The van der Waals surface area contributed by atoms with Gasteiger partial charge in [0.1, 0.15) is 18.0 Å². The molecule has 3 aromatic rings. The van der Waals surface area contributed by atoms with Gasteiger partial charge in [-0.1, -0.05) is 12.1 Å². The highest BCUT2D eigenvalue weighted by Crippen LogP contribution is 2.36. The molecule has 12 heteroatoms. The highest BCUT2D eigenvalue weighted by molar-refractivity contribution is 5.99. The average molecular weight is 517 g/mol. The van der Waals surface area contributed by atoms with Crippen LogP contribution in [0.3, 0.4) is 0 Å². The lowest BCUT2D eigenvalue weighted by Crippen LogP contribution is -2.43. The maximum absolute atomic E-state index is 14.8. The SMILES string of the molecule is CC(F)(F)c1cccc(F)c1Nc1cnc(CNC(=O)[C@]2(CC(=O)c3cncnc3)CCOC2)c(F)c1. The zero-order valence-corrected chi connectivity index (χ0v) is 19.7. The smallest absolute Gasteiger partial charge is 0.272 e. The van der Waals surface area contributed by atoms with Crippen LogP contribution in [-0.4, -0.2) is 39.9 Å². The quantitative estimate of drug-likeness (QED) is 0.322. The third-order valence-corrected chi connectivity index (χ3v) is 6.06. The van der Waals surface area contributed by atoms with Crippen LogP contribution in [0.5, 0.6) is 0 Å². The van der Waals surface area contributed by atoms with Gasteiger partial charge in [0.2, 0.25) is 5.91 Å². The zero-order valence-electron chi connectivity index (χ0n) is 19.7. The van der Waals surface area contributed by atoms with Crippen molar-refractivity contribution < 1.29 is 31.9 Å². The van der Waals surface area contributed by atoms with E-state index in [1.54, 1.807) is 0 Å². The Bertz CT molecular complexity index is 1300. The second kappa shape index (κ2) is 10.6. The van der Waals surface area contributed by atoms with E-state index in [1.807, 2.05) is 0 Å². The topological polar surface area (TPSA) is 106 Å². The van der Waals surface area contributed by atoms with Crippen LogP contribution in [0.15, 0.2) is 49.2 Å². The largest absolute Gasteiger partial charge is 0.380 e. The fraction of sp³-hybridized carbons (Fsp3) is 0.320. The molecule has 0 radical (unpaired) electrons. The summed E-state index contributed by atoms with van der Waals surface area (Å²) >= 11 is 0. The maximum Gasteiger partial charge on any atom is 0.272 e. The predicted molar refractivity (Wildman–Crippen MR) is 124 cm³/mol. The summed E-state index contributed by atoms with van der Waals surface area (Å²) in [5.74, 6) is -5.95. The first-order chi connectivity index (χ1) is 17.6. The summed E-state index contributed by atoms with van der Waals surface area (Å²) in [5.41, 5.74) is -2.16. The van der Waals surface area contributed by atoms with Crippen molar-refractivity contribution in [2.24, 2.45) is 5.41 Å². The maximum atomic E-state index is 14.8. The minimum atomic E-state index is -3.34. The molecule has 37 heavy (non-hydrogen) atoms. The Morgan fingerprint density at radius 1 is 1.14 bits per heavy atom. The molecule has 1 saturated heterocycles. The van der Waals surface area contributed by atoms with Crippen molar-refractivity contribution in [3.8, 4) is 0 Å². The van der Waals surface area contributed by atoms with Crippen LogP contribution < -0.4 is 10.6 Å². The third kappa shape index (κ3) is 5.91. The number of hydrogen-bond donors (Lipinski definition) is 2. The number of alkyl halides is 2. The summed E-state index contributed by atoms with van der Waals surface area (Å²) in [4.78, 5) is 37.3. The lowest BCUT2D eigenvalue weighted by Gasteiger charge is -2.25. The summed E-state index contributed by atoms with van der Waals surface area (Å²) in [6, 6.07) is 4.19. The number of para-hydroxylation sites is 1. The molecule has 0 unspecified atom stereocenters. The summed E-state index contributed by atoms with van der Waals surface area (Å²) in [6.07, 6.45) is 5.30. The average Bonchev–Trinajstić information content (AvgIpc) is 3.34. The number of aromatic nitrogens is 3. The van der Waals surface area contributed by atoms with Crippen LogP contribution in [0.25, 0.3) is 0 Å². The number of ether oxygens (including phenoxy) is 1. The van der Waals surface area contributed by atoms with E-state index in [9.17, 15) is 27.2 Å². The number of nitrogens with one attached hydrogen (secondary N) is 2. The molecular formula is C25H23F4N5O3. The van der Waals surface area contributed by atoms with Crippen molar-refractivity contribution in [2.45, 2.75) is 32.2 Å². The molecule has 0 aliphatic carbocycles. The fourth-order valence-corrected chi connectivity index (χ4v) is 4.04. The second-order valence-corrected chi connectivity index (χ2v) is 8.82. The number of benzene rings is 1. The van der Waals surface area contributed by atoms with Crippen molar-refractivity contribution in [3.05, 3.63) is 77.6 Å². The number of carbonyl (C=O) groups excluding carboxylic acids is 2. The Kier molecular flexibility index (Phi) is 7.48. The third-order valence-electron chi connectivity index (χ3n) is 6.06. The molecule has 0 bridgehead atoms. The molecule has 1 aliphatic heterocycles. The molecule has 1 fully saturated rings. The summed E-state index contributed by atoms with van der Waals surface area (Å²) in [6.45, 7) is 0.631. The molecule has 8 nitrogen and oxygen atoms in total. The number of Topliss-reactive ketones (excluding diaryl/α,β-unsaturated/α-hetero) is 1. The second-order valence-electron chi connectivity index (χ2n) is 8.82. The van der Waals surface area contributed by atoms with Crippen molar-refractivity contribution in [2.75, 3.05) is 18.5 Å². The van der Waals surface area contributed by atoms with Crippen LogP contribution in [-0.2, 0) is 22.0 Å². The van der Waals surface area contributed by atoms with E-state index < -0.39 is 40.1 Å². The van der Waals surface area contributed by atoms with Crippen molar-refractivity contribution in [3.63, 3.8) is 0 Å². The molecule has 1 aromatic carbocycles. The molecule has 2 aromatic heterocycles. The van der Waals surface area contributed by atoms with Crippen molar-refractivity contribution in [1.29, 1.82) is 0 Å². The van der Waals surface area contributed by atoms with Gasteiger partial charge in [0.15, 0.2) is 5.78 Å². The molecule has 1 atom stereocenters. The Labute approximate surface area is 209 Å². The molecule has 1 aliphatic rings. The lowest BCUT2D eigenvalue weighted by atomic mass is 9.80. The number of halogens is 4. The van der Waals surface area contributed by atoms with Crippen molar-refractivity contribution in [1.82, 2.24) is 20.3 Å². The number of anilines is 2. The van der Waals surface area contributed by atoms with Crippen molar-refractivity contribution >= 4 is 23.1 Å².